The van der Waals surface area contributed by atoms with E-state index in [1.807, 2.05) is 0 Å². The lowest BCUT2D eigenvalue weighted by molar-refractivity contribution is 0.748. The van der Waals surface area contributed by atoms with Crippen molar-refractivity contribution in [3.8, 4) is 112 Å². The summed E-state index contributed by atoms with van der Waals surface area (Å²) in [6, 6.07) is 204. The number of hydrogen-bond donors (Lipinski definition) is 0. The number of fused-ring (bicyclic) bond motifs is 37. The van der Waals surface area contributed by atoms with E-state index in [9.17, 15) is 0 Å². The largest absolute Gasteiger partial charge is 0.310 e. The Morgan fingerprint density at radius 3 is 0.870 bits per heavy atom. The molecule has 0 N–H and O–H groups in total. The van der Waals surface area contributed by atoms with Gasteiger partial charge in [-0.3, -0.25) is 0 Å². The van der Waals surface area contributed by atoms with Gasteiger partial charge < -0.3 is 18.9 Å². The zero-order valence-electron chi connectivity index (χ0n) is 79.6. The summed E-state index contributed by atoms with van der Waals surface area (Å²) < 4.78 is 5.24. The Kier molecular flexibility index (Phi) is 16.9. The van der Waals surface area contributed by atoms with Crippen molar-refractivity contribution in [2.45, 2.75) is 21.7 Å². The third-order valence-corrected chi connectivity index (χ3v) is 34.0. The van der Waals surface area contributed by atoms with Crippen molar-refractivity contribution in [3.05, 3.63) is 623 Å². The van der Waals surface area contributed by atoms with E-state index in [0.717, 1.165) is 84.4 Å². The maximum atomic E-state index is 2.63. The minimum atomic E-state index is -0.821. The van der Waals surface area contributed by atoms with E-state index in [4.69, 9.17) is 0 Å². The van der Waals surface area contributed by atoms with Crippen molar-refractivity contribution < 1.29 is 0 Å². The lowest BCUT2D eigenvalue weighted by Crippen LogP contribution is -2.33. The Morgan fingerprint density at radius 2 is 0.418 bits per heavy atom. The first kappa shape index (κ1) is 81.0. The van der Waals surface area contributed by atoms with Crippen molar-refractivity contribution in [2.24, 2.45) is 0 Å². The van der Waals surface area contributed by atoms with Crippen molar-refractivity contribution in [1.29, 1.82) is 0 Å². The minimum absolute atomic E-state index is 0.586. The second kappa shape index (κ2) is 30.4. The first-order chi connectivity index (χ1) is 72.4. The lowest BCUT2D eigenvalue weighted by atomic mass is 9.65. The molecule has 3 spiro atoms. The smallest absolute Gasteiger partial charge is 0.0754 e. The summed E-state index contributed by atoms with van der Waals surface area (Å²) in [5.41, 5.74) is 52.6. The van der Waals surface area contributed by atoms with Gasteiger partial charge in [0.05, 0.1) is 66.5 Å². The molecule has 5 aliphatic carbocycles. The van der Waals surface area contributed by atoms with Gasteiger partial charge in [-0.05, 0) is 263 Å². The van der Waals surface area contributed by atoms with Gasteiger partial charge in [-0.1, -0.05) is 449 Å². The molecule has 7 aliphatic rings. The molecule has 0 saturated carbocycles. The van der Waals surface area contributed by atoms with Crippen molar-refractivity contribution in [2.75, 3.05) is 9.80 Å². The summed E-state index contributed by atoms with van der Waals surface area (Å²) in [6.45, 7) is 0. The van der Waals surface area contributed by atoms with Crippen LogP contribution in [0.1, 0.15) is 89.0 Å². The highest BCUT2D eigenvalue weighted by Crippen LogP contribution is 2.69. The van der Waals surface area contributed by atoms with Gasteiger partial charge >= 0.3 is 0 Å². The molecule has 23 aromatic carbocycles. The highest BCUT2D eigenvalue weighted by atomic mass is 15.2. The number of para-hydroxylation sites is 6. The van der Waals surface area contributed by atoms with Crippen LogP contribution in [-0.4, -0.2) is 9.13 Å². The van der Waals surface area contributed by atoms with Gasteiger partial charge in [0.25, 0.3) is 0 Å². The van der Waals surface area contributed by atoms with Crippen LogP contribution in [0, 0.1) is 0 Å². The van der Waals surface area contributed by atoms with Crippen molar-refractivity contribution >= 4 is 77.7 Å². The molecular formula is C142H88N4. The molecule has 4 heterocycles. The van der Waals surface area contributed by atoms with Gasteiger partial charge in [0.1, 0.15) is 0 Å². The molecule has 2 aromatic heterocycles. The third-order valence-electron chi connectivity index (χ3n) is 34.0. The van der Waals surface area contributed by atoms with Gasteiger partial charge in [-0.2, -0.15) is 0 Å². The first-order valence-electron chi connectivity index (χ1n) is 51.1. The zero-order chi connectivity index (χ0) is 95.4. The monoisotopic (exact) mass is 1850 g/mol. The second-order valence-corrected chi connectivity index (χ2v) is 40.5. The molecule has 4 heteroatoms. The zero-order valence-corrected chi connectivity index (χ0v) is 79.6. The number of anilines is 6. The Bertz CT molecular complexity index is 9770. The molecule has 0 fully saturated rings. The number of benzene rings is 23. The van der Waals surface area contributed by atoms with Gasteiger partial charge in [0, 0.05) is 55.4 Å². The molecule has 0 saturated heterocycles. The highest BCUT2D eigenvalue weighted by molar-refractivity contribution is 6.16. The van der Waals surface area contributed by atoms with Crippen LogP contribution >= 0.6 is 0 Å². The maximum absolute atomic E-state index is 2.63. The Labute approximate surface area is 846 Å². The molecule has 2 aliphatic heterocycles. The van der Waals surface area contributed by atoms with Gasteiger partial charge in [0.15, 0.2) is 0 Å². The summed E-state index contributed by atoms with van der Waals surface area (Å²) in [7, 11) is 0. The Hall–Kier alpha value is -18.7. The van der Waals surface area contributed by atoms with Crippen LogP contribution in [-0.2, 0) is 21.7 Å². The maximum Gasteiger partial charge on any atom is 0.0754 e. The molecule has 1 unspecified atom stereocenters. The van der Waals surface area contributed by atoms with Crippen LogP contribution < -0.4 is 9.80 Å². The fourth-order valence-electron chi connectivity index (χ4n) is 28.4. The average Bonchev–Trinajstić information content (AvgIpc) is 1.50. The summed E-state index contributed by atoms with van der Waals surface area (Å²) in [5.74, 6) is 0. The molecule has 0 bridgehead atoms. The van der Waals surface area contributed by atoms with Crippen molar-refractivity contribution in [3.63, 3.8) is 0 Å². The van der Waals surface area contributed by atoms with Gasteiger partial charge in [0.2, 0.25) is 0 Å². The topological polar surface area (TPSA) is 16.3 Å². The second-order valence-electron chi connectivity index (χ2n) is 40.5. The standard InChI is InChI=1S/C142H88N4/c1-4-35-89(36-5-1)90-69-71-91(72-70-90)101-43-17-28-65-131(101)143(98-75-80-112-109-51-15-24-59-120(109)140(130(112)86-98)118-57-22-11-45-103(118)104-46-12-23-58-119(104)140)99-77-82-125-136(88-99)146-134-68-31-20-53-114(134)116-55-34-64-127(138(116)146)142(125)123-62-27-16-50-108(123)110-78-73-93(84-128(110)142)92-37-32-38-94(83-92)102-44-18-29-66-132(102)144(97-74-79-111-107-49-10-21-56-117(107)139(129(111)85-97,95-39-6-2-7-40-95)96-41-8-3-9-42-96)100-76-81-124-135(87-100)145-133-67-30-19-52-113(133)115-54-33-63-126(137(115)145)141(124)121-60-25-13-47-105(121)106-48-14-26-61-122(106)141/h1-88H. The number of hydrogen-bond acceptors (Lipinski definition) is 2. The highest BCUT2D eigenvalue weighted by Gasteiger charge is 2.56. The summed E-state index contributed by atoms with van der Waals surface area (Å²) in [6.07, 6.45) is 0. The summed E-state index contributed by atoms with van der Waals surface area (Å²) in [4.78, 5) is 5.18. The van der Waals surface area contributed by atoms with E-state index in [1.165, 1.54) is 194 Å². The van der Waals surface area contributed by atoms with Gasteiger partial charge in [-0.25, -0.2) is 0 Å². The normalized spacial score (nSPS) is 14.8. The fourth-order valence-corrected chi connectivity index (χ4v) is 28.4. The van der Waals surface area contributed by atoms with Crippen LogP contribution in [0.25, 0.3) is 155 Å². The first-order valence-corrected chi connectivity index (χ1v) is 51.1. The van der Waals surface area contributed by atoms with Crippen LogP contribution in [0.5, 0.6) is 0 Å². The van der Waals surface area contributed by atoms with Gasteiger partial charge in [-0.15, -0.1) is 0 Å². The molecule has 0 amide bonds. The Morgan fingerprint density at radius 1 is 0.144 bits per heavy atom. The molecule has 0 radical (unpaired) electrons. The average molecular weight is 1850 g/mol. The number of nitrogens with zero attached hydrogens (tertiary/aromatic N) is 4. The molecule has 25 aromatic rings. The molecular weight excluding hydrogens is 1760 g/mol. The summed E-state index contributed by atoms with van der Waals surface area (Å²) >= 11 is 0. The lowest BCUT2D eigenvalue weighted by Gasteiger charge is -2.40. The van der Waals surface area contributed by atoms with Crippen LogP contribution in [0.3, 0.4) is 0 Å². The molecule has 4 nitrogen and oxygen atoms in total. The predicted octanol–water partition coefficient (Wildman–Crippen LogP) is 35.5. The minimum Gasteiger partial charge on any atom is -0.310 e. The molecule has 32 rings (SSSR count). The van der Waals surface area contributed by atoms with Crippen LogP contribution in [0.2, 0.25) is 0 Å². The van der Waals surface area contributed by atoms with E-state index < -0.39 is 21.7 Å². The van der Waals surface area contributed by atoms with E-state index >= 15 is 0 Å². The molecule has 146 heavy (non-hydrogen) atoms. The number of aromatic nitrogens is 2. The van der Waals surface area contributed by atoms with E-state index in [0.29, 0.717) is 0 Å². The van der Waals surface area contributed by atoms with Crippen LogP contribution in [0.15, 0.2) is 534 Å². The third kappa shape index (κ3) is 10.6. The number of rotatable bonds is 12. The molecule has 1 atom stereocenters. The fraction of sp³-hybridized carbons (Fsp3) is 0.0282. The Balaban J connectivity index is 0.600. The van der Waals surface area contributed by atoms with Crippen LogP contribution in [0.4, 0.5) is 34.1 Å². The van der Waals surface area contributed by atoms with E-state index in [-0.39, 0.29) is 0 Å². The van der Waals surface area contributed by atoms with Crippen molar-refractivity contribution in [1.82, 2.24) is 9.13 Å². The SMILES string of the molecule is c1ccc(-c2ccc(-c3ccccc3N(c3ccc4c(c3)-n3c5ccccc5c5cccc(c53)C43c4ccccc4-c4ccc(-c5cccc(-c6ccccc6N(c6ccc7c(c6)-n6c8ccccc8c8cccc(c86)C76c7ccccc7-c7ccccc76)c6ccc7c(c6)C(c6ccccc6)(c6ccccc6)c6ccccc6-7)c5)cc43)c3ccc4c(c3)C3(c5ccccc5-c5ccccc53)c3ccccc3-4)cc2)cc1. The quantitative estimate of drug-likeness (QED) is 0.121. The molecule has 676 valence electrons. The predicted molar refractivity (Wildman–Crippen MR) is 602 cm³/mol. The van der Waals surface area contributed by atoms with E-state index in [2.05, 4.69) is 553 Å². The summed E-state index contributed by atoms with van der Waals surface area (Å²) in [5, 5.41) is 4.91. The van der Waals surface area contributed by atoms with E-state index in [1.54, 1.807) is 0 Å².